The summed E-state index contributed by atoms with van der Waals surface area (Å²) < 4.78 is 12.7. The number of imide groups is 1. The summed E-state index contributed by atoms with van der Waals surface area (Å²) in [5.74, 6) is 0.471. The van der Waals surface area contributed by atoms with Gasteiger partial charge >= 0.3 is 18.3 Å². The predicted octanol–water partition coefficient (Wildman–Crippen LogP) is 5.58. The molecule has 42 heavy (non-hydrogen) atoms. The molecule has 13 nitrogen and oxygen atoms in total. The number of nitrogens with zero attached hydrogens (tertiary/aromatic N) is 6. The van der Waals surface area contributed by atoms with Crippen molar-refractivity contribution in [1.82, 2.24) is 24.6 Å². The number of benzene rings is 1. The molecule has 1 aliphatic rings. The van der Waals surface area contributed by atoms with Crippen LogP contribution in [0.5, 0.6) is 0 Å². The van der Waals surface area contributed by atoms with Gasteiger partial charge in [0.15, 0.2) is 0 Å². The summed E-state index contributed by atoms with van der Waals surface area (Å²) in [5, 5.41) is 15.1. The van der Waals surface area contributed by atoms with Crippen LogP contribution in [-0.2, 0) is 16.5 Å². The van der Waals surface area contributed by atoms with Crippen molar-refractivity contribution in [1.29, 1.82) is 0 Å². The van der Waals surface area contributed by atoms with Gasteiger partial charge in [-0.05, 0) is 79.4 Å². The number of aryl methyl sites for hydroxylation is 1. The normalized spacial score (nSPS) is 17.5. The largest absolute Gasteiger partial charge is 0.465 e. The fourth-order valence-corrected chi connectivity index (χ4v) is 5.03. The molecule has 0 bridgehead atoms. The fourth-order valence-electron chi connectivity index (χ4n) is 5.03. The van der Waals surface area contributed by atoms with Gasteiger partial charge in [0, 0.05) is 42.3 Å². The first kappa shape index (κ1) is 30.5. The average molecular weight is 582 g/mol. The zero-order valence-corrected chi connectivity index (χ0v) is 25.1. The molecule has 1 aromatic carbocycles. The van der Waals surface area contributed by atoms with Gasteiger partial charge in [-0.3, -0.25) is 4.68 Å². The van der Waals surface area contributed by atoms with Crippen LogP contribution in [0, 0.1) is 0 Å². The summed E-state index contributed by atoms with van der Waals surface area (Å²) in [6, 6.07) is 6.37. The summed E-state index contributed by atoms with van der Waals surface area (Å²) in [6.07, 6.45) is 0.298. The van der Waals surface area contributed by atoms with Crippen LogP contribution in [-0.4, -0.2) is 71.3 Å². The van der Waals surface area contributed by atoms with E-state index in [-0.39, 0.29) is 5.95 Å². The van der Waals surface area contributed by atoms with Gasteiger partial charge in [-0.2, -0.15) is 5.10 Å². The maximum atomic E-state index is 13.1. The summed E-state index contributed by atoms with van der Waals surface area (Å²) in [7, 11) is 1.80. The third kappa shape index (κ3) is 7.07. The highest BCUT2D eigenvalue weighted by molar-refractivity contribution is 5.89. The maximum Gasteiger partial charge on any atom is 0.420 e. The number of nitrogen functional groups attached to an aromatic ring is 1. The lowest BCUT2D eigenvalue weighted by atomic mass is 9.89. The smallest absolute Gasteiger partial charge is 0.420 e. The number of carbonyl (C=O) groups excluding carboxylic acids is 2. The number of rotatable bonds is 4. The van der Waals surface area contributed by atoms with Crippen molar-refractivity contribution in [2.45, 2.75) is 90.5 Å². The third-order valence-electron chi connectivity index (χ3n) is 6.76. The molecule has 13 heteroatoms. The Bertz CT molecular complexity index is 1450. The van der Waals surface area contributed by atoms with Gasteiger partial charge in [-0.25, -0.2) is 34.2 Å². The Morgan fingerprint density at radius 2 is 1.52 bits per heavy atom. The second kappa shape index (κ2) is 11.5. The Balaban J connectivity index is 1.54. The van der Waals surface area contributed by atoms with Crippen molar-refractivity contribution in [3.05, 3.63) is 30.5 Å². The Labute approximate surface area is 244 Å². The summed E-state index contributed by atoms with van der Waals surface area (Å²) in [6.45, 7) is 10.3. The topological polar surface area (TPSA) is 166 Å². The number of amides is 3. The molecule has 3 amide bonds. The van der Waals surface area contributed by atoms with Gasteiger partial charge in [0.1, 0.15) is 17.0 Å². The second-order valence-corrected chi connectivity index (χ2v) is 12.5. The molecule has 226 valence electrons. The molecule has 1 saturated carbocycles. The van der Waals surface area contributed by atoms with Crippen molar-refractivity contribution >= 4 is 40.9 Å². The molecule has 4 rings (SSSR count). The SMILES string of the molecule is Cn1nc(N)cc1-c1ccc2nc(N(C(=O)O)C3CCC(N(C(=O)OC(C)(C)C)C(=O)OC(C)(C)C)CC3)ncc2c1. The third-order valence-corrected chi connectivity index (χ3v) is 6.76. The number of fused-ring (bicyclic) bond motifs is 1. The molecule has 0 unspecified atom stereocenters. The van der Waals surface area contributed by atoms with Gasteiger partial charge in [0.25, 0.3) is 0 Å². The van der Waals surface area contributed by atoms with Crippen LogP contribution in [0.15, 0.2) is 30.5 Å². The molecule has 0 spiro atoms. The second-order valence-electron chi connectivity index (χ2n) is 12.5. The van der Waals surface area contributed by atoms with E-state index in [0.717, 1.165) is 26.4 Å². The first-order valence-electron chi connectivity index (χ1n) is 13.9. The lowest BCUT2D eigenvalue weighted by Crippen LogP contribution is -2.52. The number of anilines is 2. The number of aromatic nitrogens is 4. The van der Waals surface area contributed by atoms with Crippen molar-refractivity contribution in [2.75, 3.05) is 10.6 Å². The Morgan fingerprint density at radius 1 is 0.952 bits per heavy atom. The zero-order chi connectivity index (χ0) is 31.0. The fraction of sp³-hybridized carbons (Fsp3) is 0.517. The molecule has 1 aliphatic carbocycles. The van der Waals surface area contributed by atoms with Crippen LogP contribution in [0.2, 0.25) is 0 Å². The minimum atomic E-state index is -1.18. The van der Waals surface area contributed by atoms with E-state index in [1.807, 2.05) is 12.1 Å². The Kier molecular flexibility index (Phi) is 8.33. The van der Waals surface area contributed by atoms with E-state index in [1.54, 1.807) is 71.6 Å². The maximum absolute atomic E-state index is 13.1. The molecular weight excluding hydrogens is 542 g/mol. The zero-order valence-electron chi connectivity index (χ0n) is 25.1. The van der Waals surface area contributed by atoms with Crippen molar-refractivity contribution < 1.29 is 29.0 Å². The van der Waals surface area contributed by atoms with E-state index >= 15 is 0 Å². The highest BCUT2D eigenvalue weighted by atomic mass is 16.6. The molecule has 1 fully saturated rings. The standard InChI is InChI=1S/C29H39N7O6/c1-28(2,3)41-26(39)36(27(40)42-29(4,5)6)20-11-9-19(10-12-20)35(25(37)38)24-31-16-18-14-17(8-13-21(18)32-24)22-15-23(30)33-34(22)7/h8,13-16,19-20H,9-12H2,1-7H3,(H2,30,33)(H,37,38). The molecule has 3 aromatic rings. The highest BCUT2D eigenvalue weighted by Gasteiger charge is 2.40. The van der Waals surface area contributed by atoms with Gasteiger partial charge < -0.3 is 20.3 Å². The Hall–Kier alpha value is -4.42. The van der Waals surface area contributed by atoms with Crippen LogP contribution in [0.1, 0.15) is 67.2 Å². The van der Waals surface area contributed by atoms with Crippen LogP contribution < -0.4 is 10.6 Å². The number of carboxylic acid groups (broad SMARTS) is 1. The average Bonchev–Trinajstić information content (AvgIpc) is 3.20. The minimum absolute atomic E-state index is 0.0621. The van der Waals surface area contributed by atoms with Gasteiger partial charge in [-0.1, -0.05) is 6.07 Å². The molecule has 0 radical (unpaired) electrons. The van der Waals surface area contributed by atoms with E-state index in [2.05, 4.69) is 15.1 Å². The summed E-state index contributed by atoms with van der Waals surface area (Å²) in [5.41, 5.74) is 6.48. The number of hydrogen-bond donors (Lipinski definition) is 2. The minimum Gasteiger partial charge on any atom is -0.465 e. The lowest BCUT2D eigenvalue weighted by molar-refractivity contribution is -0.0112. The molecule has 3 N–H and O–H groups in total. The van der Waals surface area contributed by atoms with Gasteiger partial charge in [0.05, 0.1) is 11.2 Å². The van der Waals surface area contributed by atoms with Crippen molar-refractivity contribution in [2.24, 2.45) is 7.05 Å². The summed E-state index contributed by atoms with van der Waals surface area (Å²) in [4.78, 5) is 49.7. The van der Waals surface area contributed by atoms with E-state index in [4.69, 9.17) is 15.2 Å². The van der Waals surface area contributed by atoms with Gasteiger partial charge in [0.2, 0.25) is 5.95 Å². The predicted molar refractivity (Wildman–Crippen MR) is 157 cm³/mol. The number of nitrogens with two attached hydrogens (primary N) is 1. The summed E-state index contributed by atoms with van der Waals surface area (Å²) >= 11 is 0. The first-order chi connectivity index (χ1) is 19.5. The highest BCUT2D eigenvalue weighted by Crippen LogP contribution is 2.32. The monoisotopic (exact) mass is 581 g/mol. The van der Waals surface area contributed by atoms with Crippen LogP contribution >= 0.6 is 0 Å². The van der Waals surface area contributed by atoms with Crippen LogP contribution in [0.4, 0.5) is 26.1 Å². The molecule has 2 heterocycles. The number of carbonyl (C=O) groups is 3. The quantitative estimate of drug-likeness (QED) is 0.397. The molecule has 2 aromatic heterocycles. The van der Waals surface area contributed by atoms with Gasteiger partial charge in [-0.15, -0.1) is 0 Å². The molecule has 0 aliphatic heterocycles. The molecule has 0 saturated heterocycles. The first-order valence-corrected chi connectivity index (χ1v) is 13.9. The molecule has 0 atom stereocenters. The Morgan fingerprint density at radius 3 is 2.02 bits per heavy atom. The van der Waals surface area contributed by atoms with Crippen molar-refractivity contribution in [3.8, 4) is 11.3 Å². The molecular formula is C29H39N7O6. The van der Waals surface area contributed by atoms with E-state index in [9.17, 15) is 19.5 Å². The van der Waals surface area contributed by atoms with Crippen LogP contribution in [0.25, 0.3) is 22.2 Å². The van der Waals surface area contributed by atoms with E-state index in [1.165, 1.54) is 0 Å². The number of hydrogen-bond acceptors (Lipinski definition) is 9. The van der Waals surface area contributed by atoms with E-state index in [0.29, 0.717) is 37.0 Å². The number of ether oxygens (including phenoxy) is 2. The van der Waals surface area contributed by atoms with Crippen LogP contribution in [0.3, 0.4) is 0 Å². The van der Waals surface area contributed by atoms with E-state index < -0.39 is 41.6 Å². The lowest BCUT2D eigenvalue weighted by Gasteiger charge is -2.38. The van der Waals surface area contributed by atoms with Crippen molar-refractivity contribution in [3.63, 3.8) is 0 Å².